The minimum absolute atomic E-state index is 0.185. The smallest absolute Gasteiger partial charge is 0.340 e. The van der Waals surface area contributed by atoms with Crippen molar-refractivity contribution in [2.75, 3.05) is 31.2 Å². The highest BCUT2D eigenvalue weighted by molar-refractivity contribution is 6.01. The molecule has 0 saturated heterocycles. The van der Waals surface area contributed by atoms with Crippen LogP contribution in [-0.4, -0.2) is 54.9 Å². The topological polar surface area (TPSA) is 96.3 Å². The molecule has 0 saturated carbocycles. The summed E-state index contributed by atoms with van der Waals surface area (Å²) in [7, 11) is 0. The fourth-order valence-electron chi connectivity index (χ4n) is 7.17. The molecule has 9 heteroatoms. The molecular formula is C45H46N2O7. The largest absolute Gasteiger partial charge is 0.489 e. The molecule has 2 heterocycles. The molecule has 0 bridgehead atoms. The van der Waals surface area contributed by atoms with E-state index in [1.807, 2.05) is 66.7 Å². The summed E-state index contributed by atoms with van der Waals surface area (Å²) in [6.45, 7) is 18.3. The molecule has 54 heavy (non-hydrogen) atoms. The Morgan fingerprint density at radius 1 is 0.815 bits per heavy atom. The van der Waals surface area contributed by atoms with Gasteiger partial charge in [-0.2, -0.15) is 0 Å². The fraction of sp³-hybridized carbons (Fsp3) is 0.267. The number of carbonyl (C=O) groups is 3. The van der Waals surface area contributed by atoms with Crippen molar-refractivity contribution < 1.29 is 33.3 Å². The van der Waals surface area contributed by atoms with Crippen LogP contribution in [0.15, 0.2) is 121 Å². The molecule has 278 valence electrons. The first-order valence-corrected chi connectivity index (χ1v) is 18.3. The number of hydrogen-bond donors (Lipinski definition) is 0. The third-order valence-corrected chi connectivity index (χ3v) is 9.73. The molecule has 0 fully saturated rings. The maximum Gasteiger partial charge on any atom is 0.340 e. The monoisotopic (exact) mass is 726 g/mol. The number of esters is 3. The number of nitrogens with zero attached hydrogens (tertiary/aromatic N) is 2. The molecule has 2 unspecified atom stereocenters. The number of benzene rings is 4. The number of fused-ring (bicyclic) bond motifs is 2. The van der Waals surface area contributed by atoms with E-state index in [9.17, 15) is 14.4 Å². The van der Waals surface area contributed by atoms with Crippen LogP contribution in [0.3, 0.4) is 0 Å². The zero-order valence-electron chi connectivity index (χ0n) is 31.5. The van der Waals surface area contributed by atoms with Gasteiger partial charge in [-0.1, -0.05) is 79.9 Å². The van der Waals surface area contributed by atoms with E-state index in [0.29, 0.717) is 29.0 Å². The van der Waals surface area contributed by atoms with E-state index in [2.05, 4.69) is 67.7 Å². The summed E-state index contributed by atoms with van der Waals surface area (Å²) in [5.74, 6) is -1.33. The molecule has 9 nitrogen and oxygen atoms in total. The van der Waals surface area contributed by atoms with Crippen molar-refractivity contribution in [1.82, 2.24) is 4.57 Å². The van der Waals surface area contributed by atoms with Crippen LogP contribution in [0.4, 0.5) is 5.69 Å². The minimum atomic E-state index is -1.48. The van der Waals surface area contributed by atoms with Crippen LogP contribution in [0.5, 0.6) is 5.75 Å². The van der Waals surface area contributed by atoms with E-state index in [1.165, 1.54) is 6.92 Å². The Balaban J connectivity index is 1.63. The van der Waals surface area contributed by atoms with Gasteiger partial charge in [0.15, 0.2) is 11.7 Å². The number of aryl methyl sites for hydroxylation is 1. The van der Waals surface area contributed by atoms with E-state index < -0.39 is 29.6 Å². The third-order valence-electron chi connectivity index (χ3n) is 9.73. The summed E-state index contributed by atoms with van der Waals surface area (Å²) < 4.78 is 26.9. The Kier molecular flexibility index (Phi) is 11.1. The van der Waals surface area contributed by atoms with Crippen LogP contribution in [0, 0.1) is 0 Å². The Bertz CT molecular complexity index is 2230. The number of anilines is 1. The van der Waals surface area contributed by atoms with Crippen LogP contribution in [0.1, 0.15) is 61.7 Å². The number of aromatic nitrogens is 1. The van der Waals surface area contributed by atoms with E-state index in [0.717, 1.165) is 46.5 Å². The first-order valence-electron chi connectivity index (χ1n) is 18.3. The van der Waals surface area contributed by atoms with E-state index >= 15 is 0 Å². The Hall–Kier alpha value is -6.09. The van der Waals surface area contributed by atoms with Crippen molar-refractivity contribution in [3.8, 4) is 17.0 Å². The van der Waals surface area contributed by atoms with E-state index in [1.54, 1.807) is 13.0 Å². The first-order chi connectivity index (χ1) is 26.0. The highest BCUT2D eigenvalue weighted by atomic mass is 16.6. The summed E-state index contributed by atoms with van der Waals surface area (Å²) in [6, 6.07) is 31.6. The number of hydrogen-bond acceptors (Lipinski definition) is 8. The van der Waals surface area contributed by atoms with Crippen LogP contribution in [0.2, 0.25) is 0 Å². The molecule has 0 amide bonds. The number of para-hydroxylation sites is 1. The summed E-state index contributed by atoms with van der Waals surface area (Å²) in [5.41, 5.74) is 5.15. The minimum Gasteiger partial charge on any atom is -0.489 e. The van der Waals surface area contributed by atoms with E-state index in [4.69, 9.17) is 18.9 Å². The lowest BCUT2D eigenvalue weighted by molar-refractivity contribution is -0.155. The second kappa shape index (κ2) is 15.9. The maximum atomic E-state index is 14.1. The Morgan fingerprint density at radius 3 is 2.17 bits per heavy atom. The lowest BCUT2D eigenvalue weighted by Gasteiger charge is -2.34. The fourth-order valence-corrected chi connectivity index (χ4v) is 7.17. The Labute approximate surface area is 316 Å². The Morgan fingerprint density at radius 2 is 1.48 bits per heavy atom. The summed E-state index contributed by atoms with van der Waals surface area (Å²) >= 11 is 0. The normalized spacial score (nSPS) is 15.2. The average Bonchev–Trinajstić information content (AvgIpc) is 3.68. The van der Waals surface area contributed by atoms with Crippen LogP contribution in [-0.2, 0) is 35.9 Å². The second-order valence-corrected chi connectivity index (χ2v) is 13.3. The SMILES string of the molecule is C=C(C)C(=O)OCC(COc1cc(N(CC)CC)ccc1C1(c2c(-c3ccccc3)n(CC)c3ccccc23)OC(=O)c2ccccc21)OC(=O)C(=C)C. The standard InChI is InChI=1S/C45H46N2O7/c1-8-46(9-2)32-24-25-37(39(26-32)51-27-33(53-43(49)30(6)7)28-52-42(48)29(4)5)45(36-22-16-14-20-34(36)44(50)54-45)40-35-21-15-17-23-38(35)47(10-3)41(40)31-18-12-11-13-19-31/h11-26,33H,4,6,8-10,27-28H2,1-3,5,7H3. The lowest BCUT2D eigenvalue weighted by atomic mass is 9.77. The third kappa shape index (κ3) is 6.89. The second-order valence-electron chi connectivity index (χ2n) is 13.3. The van der Waals surface area contributed by atoms with Gasteiger partial charge in [0, 0.05) is 70.1 Å². The molecule has 0 N–H and O–H groups in total. The van der Waals surface area contributed by atoms with Gasteiger partial charge in [-0.25, -0.2) is 14.4 Å². The first kappa shape index (κ1) is 37.7. The molecule has 5 aromatic rings. The number of cyclic esters (lactones) is 1. The summed E-state index contributed by atoms with van der Waals surface area (Å²) in [5, 5.41) is 0.918. The zero-order chi connectivity index (χ0) is 38.6. The van der Waals surface area contributed by atoms with Gasteiger partial charge in [0.05, 0.1) is 11.3 Å². The number of ether oxygens (including phenoxy) is 4. The van der Waals surface area contributed by atoms with Gasteiger partial charge in [0.1, 0.15) is 19.0 Å². The van der Waals surface area contributed by atoms with Gasteiger partial charge in [0.2, 0.25) is 0 Å². The van der Waals surface area contributed by atoms with Gasteiger partial charge in [0.25, 0.3) is 0 Å². The number of carbonyl (C=O) groups excluding carboxylic acids is 3. The average molecular weight is 727 g/mol. The van der Waals surface area contributed by atoms with Crippen molar-refractivity contribution in [1.29, 1.82) is 0 Å². The molecule has 0 spiro atoms. The van der Waals surface area contributed by atoms with Crippen LogP contribution < -0.4 is 9.64 Å². The molecule has 6 rings (SSSR count). The predicted octanol–water partition coefficient (Wildman–Crippen LogP) is 8.62. The molecule has 1 aliphatic rings. The van der Waals surface area contributed by atoms with Gasteiger partial charge in [-0.05, 0) is 64.4 Å². The van der Waals surface area contributed by atoms with Crippen LogP contribution >= 0.6 is 0 Å². The molecule has 4 aromatic carbocycles. The van der Waals surface area contributed by atoms with Crippen molar-refractivity contribution >= 4 is 34.5 Å². The predicted molar refractivity (Wildman–Crippen MR) is 211 cm³/mol. The van der Waals surface area contributed by atoms with Gasteiger partial charge >= 0.3 is 17.9 Å². The molecule has 1 aromatic heterocycles. The summed E-state index contributed by atoms with van der Waals surface area (Å²) in [6.07, 6.45) is -1.00. The van der Waals surface area contributed by atoms with Gasteiger partial charge in [-0.15, -0.1) is 0 Å². The summed E-state index contributed by atoms with van der Waals surface area (Å²) in [4.78, 5) is 41.5. The number of rotatable bonds is 15. The highest BCUT2D eigenvalue weighted by Gasteiger charge is 2.53. The lowest BCUT2D eigenvalue weighted by Crippen LogP contribution is -2.34. The maximum absolute atomic E-state index is 14.1. The van der Waals surface area contributed by atoms with E-state index in [-0.39, 0.29) is 24.4 Å². The van der Waals surface area contributed by atoms with Crippen molar-refractivity contribution in [3.05, 3.63) is 144 Å². The molecule has 2 atom stereocenters. The molecule has 1 aliphatic heterocycles. The quantitative estimate of drug-likeness (QED) is 0.0601. The zero-order valence-corrected chi connectivity index (χ0v) is 31.5. The van der Waals surface area contributed by atoms with Gasteiger partial charge in [-0.3, -0.25) is 0 Å². The van der Waals surface area contributed by atoms with Crippen LogP contribution in [0.25, 0.3) is 22.2 Å². The molecule has 0 aliphatic carbocycles. The van der Waals surface area contributed by atoms with Crippen molar-refractivity contribution in [3.63, 3.8) is 0 Å². The van der Waals surface area contributed by atoms with Gasteiger partial charge < -0.3 is 28.4 Å². The van der Waals surface area contributed by atoms with Crippen molar-refractivity contribution in [2.24, 2.45) is 0 Å². The highest BCUT2D eigenvalue weighted by Crippen LogP contribution is 2.55. The van der Waals surface area contributed by atoms with Crippen molar-refractivity contribution in [2.45, 2.75) is 52.9 Å². The molecule has 0 radical (unpaired) electrons. The molecular weight excluding hydrogens is 681 g/mol.